The van der Waals surface area contributed by atoms with E-state index in [4.69, 9.17) is 8.94 Å². The maximum absolute atomic E-state index is 5.52. The normalized spacial score (nSPS) is 17.9. The van der Waals surface area contributed by atoms with Crippen molar-refractivity contribution in [2.75, 3.05) is 0 Å². The highest BCUT2D eigenvalue weighted by atomic mass is 16.5. The van der Waals surface area contributed by atoms with Crippen LogP contribution in [0.1, 0.15) is 41.0 Å². The lowest BCUT2D eigenvalue weighted by Crippen LogP contribution is -2.12. The molecule has 1 aliphatic carbocycles. The number of aryl methyl sites for hydroxylation is 3. The Morgan fingerprint density at radius 1 is 1.33 bits per heavy atom. The number of H-pyrrole nitrogens is 1. The molecule has 0 bridgehead atoms. The highest BCUT2D eigenvalue weighted by molar-refractivity contribution is 5.57. The van der Waals surface area contributed by atoms with Crippen molar-refractivity contribution < 1.29 is 8.94 Å². The van der Waals surface area contributed by atoms with E-state index in [-0.39, 0.29) is 5.92 Å². The first-order valence-electron chi connectivity index (χ1n) is 7.13. The minimum Gasteiger partial charge on any atom is -0.466 e. The third-order valence-electron chi connectivity index (χ3n) is 4.09. The monoisotopic (exact) mass is 284 g/mol. The topological polar surface area (TPSA) is 80.7 Å². The van der Waals surface area contributed by atoms with E-state index < -0.39 is 0 Å². The van der Waals surface area contributed by atoms with Crippen LogP contribution in [-0.4, -0.2) is 20.3 Å². The van der Waals surface area contributed by atoms with Gasteiger partial charge in [-0.25, -0.2) is 0 Å². The first kappa shape index (κ1) is 12.4. The summed E-state index contributed by atoms with van der Waals surface area (Å²) in [7, 11) is 0. The molecule has 3 heterocycles. The van der Waals surface area contributed by atoms with E-state index in [0.717, 1.165) is 36.3 Å². The van der Waals surface area contributed by atoms with Crippen molar-refractivity contribution in [1.29, 1.82) is 0 Å². The highest BCUT2D eigenvalue weighted by Gasteiger charge is 2.26. The average molecular weight is 284 g/mol. The van der Waals surface area contributed by atoms with Crippen LogP contribution >= 0.6 is 0 Å². The first-order chi connectivity index (χ1) is 10.2. The molecular formula is C15H16N4O2. The SMILES string of the molecule is Cc1cc(-c2noc(C3CCc4cn[nH]c4C3)n2)c(C)o1. The maximum atomic E-state index is 5.52. The Labute approximate surface area is 121 Å². The van der Waals surface area contributed by atoms with Crippen LogP contribution in [0.3, 0.4) is 0 Å². The zero-order chi connectivity index (χ0) is 14.4. The summed E-state index contributed by atoms with van der Waals surface area (Å²) in [6.07, 6.45) is 4.79. The molecule has 0 saturated carbocycles. The van der Waals surface area contributed by atoms with Crippen molar-refractivity contribution in [3.05, 3.63) is 40.9 Å². The third kappa shape index (κ3) is 2.07. The lowest BCUT2D eigenvalue weighted by molar-refractivity contribution is 0.340. The fourth-order valence-corrected chi connectivity index (χ4v) is 2.98. The molecule has 1 N–H and O–H groups in total. The number of nitrogens with one attached hydrogen (secondary N) is 1. The summed E-state index contributed by atoms with van der Waals surface area (Å²) < 4.78 is 11.0. The van der Waals surface area contributed by atoms with Gasteiger partial charge in [0, 0.05) is 18.0 Å². The molecule has 1 atom stereocenters. The smallest absolute Gasteiger partial charge is 0.230 e. The molecule has 0 radical (unpaired) electrons. The summed E-state index contributed by atoms with van der Waals surface area (Å²) >= 11 is 0. The van der Waals surface area contributed by atoms with Crippen LogP contribution in [0.15, 0.2) is 21.2 Å². The van der Waals surface area contributed by atoms with E-state index >= 15 is 0 Å². The molecule has 0 fully saturated rings. The van der Waals surface area contributed by atoms with E-state index in [9.17, 15) is 0 Å². The van der Waals surface area contributed by atoms with E-state index in [2.05, 4.69) is 20.3 Å². The maximum Gasteiger partial charge on any atom is 0.230 e. The average Bonchev–Trinajstić information content (AvgIpc) is 3.17. The molecule has 0 aliphatic heterocycles. The van der Waals surface area contributed by atoms with Crippen LogP contribution in [0, 0.1) is 13.8 Å². The predicted molar refractivity (Wildman–Crippen MR) is 74.8 cm³/mol. The van der Waals surface area contributed by atoms with E-state index in [0.29, 0.717) is 11.7 Å². The fraction of sp³-hybridized carbons (Fsp3) is 0.400. The Balaban J connectivity index is 1.62. The quantitative estimate of drug-likeness (QED) is 0.782. The van der Waals surface area contributed by atoms with Gasteiger partial charge in [-0.15, -0.1) is 0 Å². The molecule has 3 aromatic rings. The van der Waals surface area contributed by atoms with E-state index in [1.165, 1.54) is 11.3 Å². The standard InChI is InChI=1S/C15H16N4O2/c1-8-5-12(9(2)20-8)14-17-15(21-19-14)10-3-4-11-7-16-18-13(11)6-10/h5,7,10H,3-4,6H2,1-2H3,(H,16,18). The lowest BCUT2D eigenvalue weighted by atomic mass is 9.88. The van der Waals surface area contributed by atoms with Gasteiger partial charge in [-0.05, 0) is 38.3 Å². The summed E-state index contributed by atoms with van der Waals surface area (Å²) in [4.78, 5) is 4.56. The van der Waals surface area contributed by atoms with Gasteiger partial charge in [0.2, 0.25) is 11.7 Å². The van der Waals surface area contributed by atoms with Gasteiger partial charge in [-0.1, -0.05) is 5.16 Å². The molecule has 3 aromatic heterocycles. The molecule has 1 aliphatic rings. The second-order valence-corrected chi connectivity index (χ2v) is 5.60. The first-order valence-corrected chi connectivity index (χ1v) is 7.13. The Bertz CT molecular complexity index is 783. The zero-order valence-corrected chi connectivity index (χ0v) is 12.0. The second-order valence-electron chi connectivity index (χ2n) is 5.60. The third-order valence-corrected chi connectivity index (χ3v) is 4.09. The van der Waals surface area contributed by atoms with E-state index in [1.807, 2.05) is 26.1 Å². The Kier molecular flexibility index (Phi) is 2.70. The van der Waals surface area contributed by atoms with Crippen molar-refractivity contribution >= 4 is 0 Å². The highest BCUT2D eigenvalue weighted by Crippen LogP contribution is 2.32. The minimum atomic E-state index is 0.257. The predicted octanol–water partition coefficient (Wildman–Crippen LogP) is 2.94. The van der Waals surface area contributed by atoms with Crippen LogP contribution in [-0.2, 0) is 12.8 Å². The number of nitrogens with zero attached hydrogens (tertiary/aromatic N) is 3. The molecule has 108 valence electrons. The molecule has 6 heteroatoms. The summed E-state index contributed by atoms with van der Waals surface area (Å²) in [5, 5.41) is 11.3. The van der Waals surface area contributed by atoms with Crippen LogP contribution in [0.2, 0.25) is 0 Å². The van der Waals surface area contributed by atoms with Crippen molar-refractivity contribution in [2.45, 2.75) is 39.0 Å². The van der Waals surface area contributed by atoms with Gasteiger partial charge in [0.1, 0.15) is 11.5 Å². The van der Waals surface area contributed by atoms with Gasteiger partial charge in [-0.3, -0.25) is 5.10 Å². The summed E-state index contributed by atoms with van der Waals surface area (Å²) in [5.41, 5.74) is 3.38. The van der Waals surface area contributed by atoms with Gasteiger partial charge in [0.25, 0.3) is 0 Å². The second kappa shape index (κ2) is 4.58. The zero-order valence-electron chi connectivity index (χ0n) is 12.0. The largest absolute Gasteiger partial charge is 0.466 e. The van der Waals surface area contributed by atoms with Crippen LogP contribution in [0.4, 0.5) is 0 Å². The van der Waals surface area contributed by atoms with Gasteiger partial charge in [0.15, 0.2) is 0 Å². The molecule has 0 amide bonds. The number of furan rings is 1. The summed E-state index contributed by atoms with van der Waals surface area (Å²) in [6, 6.07) is 1.94. The number of rotatable bonds is 2. The number of aromatic nitrogens is 4. The minimum absolute atomic E-state index is 0.257. The van der Waals surface area contributed by atoms with Gasteiger partial charge < -0.3 is 8.94 Å². The van der Waals surface area contributed by atoms with Crippen LogP contribution < -0.4 is 0 Å². The van der Waals surface area contributed by atoms with Crippen molar-refractivity contribution in [3.8, 4) is 11.4 Å². The summed E-state index contributed by atoms with van der Waals surface area (Å²) in [6.45, 7) is 3.83. The molecule has 21 heavy (non-hydrogen) atoms. The lowest BCUT2D eigenvalue weighted by Gasteiger charge is -2.17. The molecule has 1 unspecified atom stereocenters. The molecule has 0 saturated heterocycles. The number of fused-ring (bicyclic) bond motifs is 1. The Morgan fingerprint density at radius 3 is 3.05 bits per heavy atom. The van der Waals surface area contributed by atoms with Crippen LogP contribution in [0.25, 0.3) is 11.4 Å². The number of aromatic amines is 1. The molecular weight excluding hydrogens is 268 g/mol. The molecule has 4 rings (SSSR count). The van der Waals surface area contributed by atoms with Crippen molar-refractivity contribution in [2.24, 2.45) is 0 Å². The van der Waals surface area contributed by atoms with Crippen molar-refractivity contribution in [3.63, 3.8) is 0 Å². The molecule has 0 aromatic carbocycles. The van der Waals surface area contributed by atoms with Crippen molar-refractivity contribution in [1.82, 2.24) is 20.3 Å². The van der Waals surface area contributed by atoms with Crippen LogP contribution in [0.5, 0.6) is 0 Å². The molecule has 6 nitrogen and oxygen atoms in total. The molecule has 0 spiro atoms. The summed E-state index contributed by atoms with van der Waals surface area (Å²) in [5.74, 6) is 3.23. The Morgan fingerprint density at radius 2 is 2.24 bits per heavy atom. The van der Waals surface area contributed by atoms with Gasteiger partial charge in [0.05, 0.1) is 11.8 Å². The van der Waals surface area contributed by atoms with Gasteiger partial charge >= 0.3 is 0 Å². The van der Waals surface area contributed by atoms with E-state index in [1.54, 1.807) is 0 Å². The Hall–Kier alpha value is -2.37. The van der Waals surface area contributed by atoms with Gasteiger partial charge in [-0.2, -0.15) is 10.1 Å². The number of hydrogen-bond acceptors (Lipinski definition) is 5. The number of hydrogen-bond donors (Lipinski definition) is 1. The fourth-order valence-electron chi connectivity index (χ4n) is 2.98.